The maximum absolute atomic E-state index is 11.3. The lowest BCUT2D eigenvalue weighted by molar-refractivity contribution is 0.113. The van der Waals surface area contributed by atoms with Gasteiger partial charge in [0.05, 0.1) is 6.54 Å². The van der Waals surface area contributed by atoms with Crippen molar-refractivity contribution in [1.82, 2.24) is 0 Å². The van der Waals surface area contributed by atoms with Crippen LogP contribution >= 0.6 is 0 Å². The molecule has 0 amide bonds. The first kappa shape index (κ1) is 19.1. The van der Waals surface area contributed by atoms with Crippen molar-refractivity contribution in [2.75, 3.05) is 6.54 Å². The van der Waals surface area contributed by atoms with Crippen LogP contribution in [-0.4, -0.2) is 12.6 Å². The third-order valence-electron chi connectivity index (χ3n) is 7.63. The zero-order chi connectivity index (χ0) is 17.5. The van der Waals surface area contributed by atoms with Gasteiger partial charge in [-0.3, -0.25) is 0 Å². The normalized spacial score (nSPS) is 42.0. The summed E-state index contributed by atoms with van der Waals surface area (Å²) < 4.78 is 0. The fourth-order valence-electron chi connectivity index (χ4n) is 5.97. The quantitative estimate of drug-likeness (QED) is 0.494. The van der Waals surface area contributed by atoms with Gasteiger partial charge in [0, 0.05) is 11.5 Å². The maximum Gasteiger partial charge on any atom is 0.0882 e. The molecule has 0 aliphatic heterocycles. The van der Waals surface area contributed by atoms with Crippen molar-refractivity contribution < 1.29 is 0 Å². The Kier molecular flexibility index (Phi) is 7.09. The molecule has 2 N–H and O–H groups in total. The molecule has 25 heavy (non-hydrogen) atoms. The summed E-state index contributed by atoms with van der Waals surface area (Å²) in [4.78, 5) is 11.3. The van der Waals surface area contributed by atoms with Gasteiger partial charge in [0.2, 0.25) is 0 Å². The number of nitrogens with two attached hydrogens (primary N) is 1. The van der Waals surface area contributed by atoms with Crippen molar-refractivity contribution in [1.29, 1.82) is 0 Å². The Balaban J connectivity index is 1.92. The summed E-state index contributed by atoms with van der Waals surface area (Å²) in [5, 5.41) is 3.42. The highest BCUT2D eigenvalue weighted by molar-refractivity contribution is 4.99. The van der Waals surface area contributed by atoms with Gasteiger partial charge in [-0.15, -0.1) is 0 Å². The highest BCUT2D eigenvalue weighted by Gasteiger charge is 2.42. The summed E-state index contributed by atoms with van der Waals surface area (Å²) in [6.07, 6.45) is 22.6. The highest BCUT2D eigenvalue weighted by Crippen LogP contribution is 2.45. The van der Waals surface area contributed by atoms with Gasteiger partial charge in [-0.05, 0) is 69.1 Å². The van der Waals surface area contributed by atoms with Gasteiger partial charge in [0.15, 0.2) is 0 Å². The molecule has 142 valence electrons. The van der Waals surface area contributed by atoms with E-state index in [4.69, 9.17) is 5.73 Å². The molecule has 0 aromatic rings. The molecule has 2 saturated carbocycles. The topological polar surface area (TPSA) is 55.4 Å². The molecule has 0 saturated heterocycles. The van der Waals surface area contributed by atoms with Crippen LogP contribution in [0.3, 0.4) is 0 Å². The lowest BCUT2D eigenvalue weighted by Crippen LogP contribution is -2.49. The van der Waals surface area contributed by atoms with E-state index in [1.54, 1.807) is 0 Å². The second-order valence-electron chi connectivity index (χ2n) is 9.26. The molecule has 3 aliphatic carbocycles. The number of hydrogen-bond donors (Lipinski definition) is 1. The van der Waals surface area contributed by atoms with Gasteiger partial charge in [-0.25, -0.2) is 0 Å². The molecule has 3 heteroatoms. The van der Waals surface area contributed by atoms with Gasteiger partial charge in [0.1, 0.15) is 0 Å². The molecule has 0 spiro atoms. The number of nitroso groups, excluding NO2 is 1. The zero-order valence-electron chi connectivity index (χ0n) is 16.0. The SMILES string of the molecule is NC1C2C/C=C\CCCC(CC2)CC2CCCCCC1(CN=O)CC2. The van der Waals surface area contributed by atoms with E-state index in [1.165, 1.54) is 70.6 Å². The molecule has 0 aromatic heterocycles. The van der Waals surface area contributed by atoms with Crippen LogP contribution in [0.15, 0.2) is 17.3 Å². The Morgan fingerprint density at radius 1 is 0.920 bits per heavy atom. The first-order chi connectivity index (χ1) is 12.2. The molecule has 0 radical (unpaired) electrons. The fourth-order valence-corrected chi connectivity index (χ4v) is 5.97. The Labute approximate surface area is 154 Å². The Bertz CT molecular complexity index is 449. The molecule has 3 aliphatic rings. The summed E-state index contributed by atoms with van der Waals surface area (Å²) in [5.41, 5.74) is 6.91. The van der Waals surface area contributed by atoms with E-state index in [-0.39, 0.29) is 11.5 Å². The van der Waals surface area contributed by atoms with Crippen LogP contribution in [0.4, 0.5) is 0 Å². The third-order valence-corrected chi connectivity index (χ3v) is 7.63. The largest absolute Gasteiger partial charge is 0.327 e. The number of fused-ring (bicyclic) bond motifs is 6. The smallest absolute Gasteiger partial charge is 0.0882 e. The minimum Gasteiger partial charge on any atom is -0.327 e. The van der Waals surface area contributed by atoms with Crippen molar-refractivity contribution in [3.63, 3.8) is 0 Å². The van der Waals surface area contributed by atoms with Crippen LogP contribution in [0.25, 0.3) is 0 Å². The van der Waals surface area contributed by atoms with Crippen molar-refractivity contribution in [3.8, 4) is 0 Å². The van der Waals surface area contributed by atoms with Gasteiger partial charge in [-0.2, -0.15) is 4.91 Å². The molecule has 4 bridgehead atoms. The standard InChI is InChI=1S/C22H38N2O/c23-21-20-10-6-2-1-4-8-18(11-12-20)16-19-9-5-3-7-14-22(21,15-13-19)17-24-25/h2,6,18-21H,1,3-5,7-17,23H2/b6-2-. The Hall–Kier alpha value is -0.700. The van der Waals surface area contributed by atoms with Crippen LogP contribution in [0.2, 0.25) is 0 Å². The molecule has 5 unspecified atom stereocenters. The lowest BCUT2D eigenvalue weighted by atomic mass is 9.65. The van der Waals surface area contributed by atoms with E-state index < -0.39 is 0 Å². The summed E-state index contributed by atoms with van der Waals surface area (Å²) in [6, 6.07) is 0.131. The van der Waals surface area contributed by atoms with Crippen LogP contribution in [0.5, 0.6) is 0 Å². The monoisotopic (exact) mass is 346 g/mol. The van der Waals surface area contributed by atoms with Gasteiger partial charge in [-0.1, -0.05) is 55.9 Å². The minimum atomic E-state index is -0.0419. The van der Waals surface area contributed by atoms with E-state index in [0.29, 0.717) is 12.5 Å². The fraction of sp³-hybridized carbons (Fsp3) is 0.909. The summed E-state index contributed by atoms with van der Waals surface area (Å²) in [7, 11) is 0. The predicted octanol–water partition coefficient (Wildman–Crippen LogP) is 5.97. The van der Waals surface area contributed by atoms with E-state index in [9.17, 15) is 4.91 Å². The zero-order valence-corrected chi connectivity index (χ0v) is 16.0. The van der Waals surface area contributed by atoms with Crippen molar-refractivity contribution in [2.45, 2.75) is 95.9 Å². The molecule has 0 aromatic carbocycles. The van der Waals surface area contributed by atoms with Gasteiger partial charge < -0.3 is 5.73 Å². The second kappa shape index (κ2) is 9.30. The van der Waals surface area contributed by atoms with Crippen LogP contribution in [-0.2, 0) is 0 Å². The van der Waals surface area contributed by atoms with Gasteiger partial charge >= 0.3 is 0 Å². The molecular formula is C22H38N2O. The molecular weight excluding hydrogens is 308 g/mol. The molecule has 0 heterocycles. The van der Waals surface area contributed by atoms with E-state index in [1.807, 2.05) is 0 Å². The number of hydrogen-bond acceptors (Lipinski definition) is 3. The molecule has 5 atom stereocenters. The first-order valence-electron chi connectivity index (χ1n) is 10.9. The van der Waals surface area contributed by atoms with Crippen LogP contribution < -0.4 is 5.73 Å². The number of nitrogens with zero attached hydrogens (tertiary/aromatic N) is 1. The van der Waals surface area contributed by atoms with E-state index >= 15 is 0 Å². The molecule has 3 rings (SSSR count). The lowest BCUT2D eigenvalue weighted by Gasteiger charge is -2.43. The summed E-state index contributed by atoms with van der Waals surface area (Å²) >= 11 is 0. The Morgan fingerprint density at radius 3 is 2.64 bits per heavy atom. The minimum absolute atomic E-state index is 0.0419. The van der Waals surface area contributed by atoms with Gasteiger partial charge in [0.25, 0.3) is 0 Å². The van der Waals surface area contributed by atoms with E-state index in [0.717, 1.165) is 31.1 Å². The van der Waals surface area contributed by atoms with Crippen molar-refractivity contribution in [3.05, 3.63) is 17.1 Å². The average Bonchev–Trinajstić information content (AvgIpc) is 2.72. The average molecular weight is 347 g/mol. The predicted molar refractivity (Wildman–Crippen MR) is 105 cm³/mol. The third kappa shape index (κ3) is 4.93. The maximum atomic E-state index is 11.3. The van der Waals surface area contributed by atoms with Crippen LogP contribution in [0, 0.1) is 28.1 Å². The first-order valence-corrected chi connectivity index (χ1v) is 10.9. The Morgan fingerprint density at radius 2 is 1.76 bits per heavy atom. The summed E-state index contributed by atoms with van der Waals surface area (Å²) in [6.45, 7) is 0.435. The number of rotatable bonds is 2. The van der Waals surface area contributed by atoms with Crippen molar-refractivity contribution in [2.24, 2.45) is 34.1 Å². The highest BCUT2D eigenvalue weighted by atomic mass is 16.3. The molecule has 2 fully saturated rings. The number of allylic oxidation sites excluding steroid dienone is 2. The van der Waals surface area contributed by atoms with E-state index in [2.05, 4.69) is 17.3 Å². The summed E-state index contributed by atoms with van der Waals surface area (Å²) in [5.74, 6) is 2.26. The molecule has 3 nitrogen and oxygen atoms in total. The van der Waals surface area contributed by atoms with Crippen LogP contribution in [0.1, 0.15) is 89.9 Å². The second-order valence-corrected chi connectivity index (χ2v) is 9.26. The van der Waals surface area contributed by atoms with Crippen molar-refractivity contribution >= 4 is 0 Å².